The quantitative estimate of drug-likeness (QED) is 0.801. The second kappa shape index (κ2) is 3.24. The molecule has 1 aromatic rings. The Balaban J connectivity index is 2.17. The Bertz CT molecular complexity index is 345. The first-order valence-electron chi connectivity index (χ1n) is 4.71. The van der Waals surface area contributed by atoms with Crippen LogP contribution in [0.3, 0.4) is 0 Å². The molecule has 2 nitrogen and oxygen atoms in total. The molecule has 3 heteroatoms. The highest BCUT2D eigenvalue weighted by molar-refractivity contribution is 5.33. The molecule has 0 aromatic heterocycles. The number of ether oxygens (including phenoxy) is 1. The molecular formula is C11H13FO2. The lowest BCUT2D eigenvalue weighted by Crippen LogP contribution is -2.23. The number of halogens is 1. The number of aryl methyl sites for hydroxylation is 1. The minimum absolute atomic E-state index is 0.0316. The van der Waals surface area contributed by atoms with Gasteiger partial charge in [0.2, 0.25) is 0 Å². The van der Waals surface area contributed by atoms with Crippen LogP contribution in [-0.2, 0) is 0 Å². The summed E-state index contributed by atoms with van der Waals surface area (Å²) in [6, 6.07) is 4.42. The lowest BCUT2D eigenvalue weighted by molar-refractivity contribution is 0.0946. The number of aliphatic hydroxyl groups excluding tert-OH is 1. The average Bonchev–Trinajstić information content (AvgIpc) is 2.91. The van der Waals surface area contributed by atoms with E-state index < -0.39 is 0 Å². The minimum atomic E-state index is -0.386. The predicted molar refractivity (Wildman–Crippen MR) is 50.8 cm³/mol. The Morgan fingerprint density at radius 1 is 1.50 bits per heavy atom. The first kappa shape index (κ1) is 9.46. The number of hydrogen-bond donors (Lipinski definition) is 1. The average molecular weight is 196 g/mol. The van der Waals surface area contributed by atoms with Crippen molar-refractivity contribution >= 4 is 0 Å². The van der Waals surface area contributed by atoms with Crippen molar-refractivity contribution in [3.63, 3.8) is 0 Å². The van der Waals surface area contributed by atoms with Crippen LogP contribution in [-0.4, -0.2) is 17.3 Å². The van der Waals surface area contributed by atoms with Crippen LogP contribution < -0.4 is 4.74 Å². The minimum Gasteiger partial charge on any atom is -0.485 e. The predicted octanol–water partition coefficient (Wildman–Crippen LogP) is 2.04. The highest BCUT2D eigenvalue weighted by Gasteiger charge is 2.45. The van der Waals surface area contributed by atoms with E-state index in [0.29, 0.717) is 5.75 Å². The fourth-order valence-corrected chi connectivity index (χ4v) is 1.39. The topological polar surface area (TPSA) is 29.5 Å². The van der Waals surface area contributed by atoms with E-state index in [1.807, 2.05) is 0 Å². The first-order chi connectivity index (χ1) is 6.65. The van der Waals surface area contributed by atoms with Crippen LogP contribution in [0.25, 0.3) is 0 Å². The van der Waals surface area contributed by atoms with Crippen molar-refractivity contribution in [2.75, 3.05) is 6.61 Å². The molecule has 0 amide bonds. The van der Waals surface area contributed by atoms with Crippen LogP contribution in [0.15, 0.2) is 18.2 Å². The van der Waals surface area contributed by atoms with Gasteiger partial charge >= 0.3 is 0 Å². The van der Waals surface area contributed by atoms with Gasteiger partial charge in [0, 0.05) is 0 Å². The Kier molecular flexibility index (Phi) is 2.19. The van der Waals surface area contributed by atoms with Gasteiger partial charge < -0.3 is 9.84 Å². The molecule has 1 fully saturated rings. The summed E-state index contributed by atoms with van der Waals surface area (Å²) < 4.78 is 18.4. The molecule has 14 heavy (non-hydrogen) atoms. The Morgan fingerprint density at radius 3 is 2.71 bits per heavy atom. The third-order valence-corrected chi connectivity index (χ3v) is 2.56. The summed E-state index contributed by atoms with van der Waals surface area (Å²) in [5.41, 5.74) is 0.382. The fourth-order valence-electron chi connectivity index (χ4n) is 1.39. The van der Waals surface area contributed by atoms with Gasteiger partial charge in [-0.3, -0.25) is 0 Å². The summed E-state index contributed by atoms with van der Waals surface area (Å²) in [6.45, 7) is 1.83. The van der Waals surface area contributed by atoms with Crippen LogP contribution in [0.2, 0.25) is 0 Å². The maximum atomic E-state index is 12.8. The van der Waals surface area contributed by atoms with Crippen molar-refractivity contribution in [3.8, 4) is 5.75 Å². The molecule has 2 rings (SSSR count). The van der Waals surface area contributed by atoms with Gasteiger partial charge in [-0.05, 0) is 43.5 Å². The van der Waals surface area contributed by atoms with Gasteiger partial charge in [-0.1, -0.05) is 0 Å². The molecule has 0 saturated heterocycles. The molecule has 1 aliphatic carbocycles. The molecule has 0 aliphatic heterocycles. The summed E-state index contributed by atoms with van der Waals surface area (Å²) in [5.74, 6) is 0.404. The van der Waals surface area contributed by atoms with Crippen molar-refractivity contribution < 1.29 is 14.2 Å². The molecule has 0 bridgehead atoms. The lowest BCUT2D eigenvalue weighted by Gasteiger charge is -2.16. The van der Waals surface area contributed by atoms with Gasteiger partial charge in [-0.25, -0.2) is 4.39 Å². The molecule has 1 aromatic carbocycles. The van der Waals surface area contributed by atoms with Crippen molar-refractivity contribution in [3.05, 3.63) is 29.6 Å². The molecule has 0 radical (unpaired) electrons. The van der Waals surface area contributed by atoms with Gasteiger partial charge in [0.25, 0.3) is 0 Å². The molecule has 1 saturated carbocycles. The number of rotatable bonds is 3. The van der Waals surface area contributed by atoms with Gasteiger partial charge in [-0.15, -0.1) is 0 Å². The summed E-state index contributed by atoms with van der Waals surface area (Å²) in [4.78, 5) is 0. The smallest absolute Gasteiger partial charge is 0.132 e. The third kappa shape index (κ3) is 1.73. The van der Waals surface area contributed by atoms with Crippen molar-refractivity contribution in [2.24, 2.45) is 0 Å². The van der Waals surface area contributed by atoms with E-state index in [1.54, 1.807) is 13.0 Å². The summed E-state index contributed by atoms with van der Waals surface area (Å²) in [6.07, 6.45) is 1.75. The molecular weight excluding hydrogens is 183 g/mol. The van der Waals surface area contributed by atoms with Gasteiger partial charge in [0.05, 0.1) is 6.61 Å². The SMILES string of the molecule is Cc1cc(F)ccc1OC1(CO)CC1. The van der Waals surface area contributed by atoms with Crippen LogP contribution in [0, 0.1) is 12.7 Å². The standard InChI is InChI=1S/C11H13FO2/c1-8-6-9(12)2-3-10(8)14-11(7-13)4-5-11/h2-3,6,13H,4-5,7H2,1H3. The van der Waals surface area contributed by atoms with Gasteiger partial charge in [0.1, 0.15) is 17.2 Å². The second-order valence-electron chi connectivity index (χ2n) is 3.85. The van der Waals surface area contributed by atoms with Crippen LogP contribution in [0.5, 0.6) is 5.75 Å². The van der Waals surface area contributed by atoms with E-state index in [0.717, 1.165) is 18.4 Å². The Labute approximate surface area is 82.3 Å². The second-order valence-corrected chi connectivity index (χ2v) is 3.85. The molecule has 0 unspecified atom stereocenters. The number of benzene rings is 1. The van der Waals surface area contributed by atoms with Crippen molar-refractivity contribution in [1.29, 1.82) is 0 Å². The highest BCUT2D eigenvalue weighted by atomic mass is 19.1. The zero-order valence-corrected chi connectivity index (χ0v) is 8.09. The van der Waals surface area contributed by atoms with Crippen LogP contribution in [0.1, 0.15) is 18.4 Å². The van der Waals surface area contributed by atoms with Crippen LogP contribution >= 0.6 is 0 Å². The van der Waals surface area contributed by atoms with Crippen molar-refractivity contribution in [1.82, 2.24) is 0 Å². The Hall–Kier alpha value is -1.09. The number of hydrogen-bond acceptors (Lipinski definition) is 2. The summed E-state index contributed by atoms with van der Waals surface area (Å²) in [5, 5.41) is 9.06. The largest absolute Gasteiger partial charge is 0.485 e. The molecule has 0 heterocycles. The van der Waals surface area contributed by atoms with E-state index in [1.165, 1.54) is 12.1 Å². The maximum absolute atomic E-state index is 12.8. The van der Waals surface area contributed by atoms with E-state index >= 15 is 0 Å². The zero-order valence-electron chi connectivity index (χ0n) is 8.09. The van der Waals surface area contributed by atoms with Gasteiger partial charge in [-0.2, -0.15) is 0 Å². The van der Waals surface area contributed by atoms with Crippen LogP contribution in [0.4, 0.5) is 4.39 Å². The molecule has 1 aliphatic rings. The monoisotopic (exact) mass is 196 g/mol. The normalized spacial score (nSPS) is 17.9. The van der Waals surface area contributed by atoms with E-state index in [2.05, 4.69) is 0 Å². The summed E-state index contributed by atoms with van der Waals surface area (Å²) >= 11 is 0. The molecule has 1 N–H and O–H groups in total. The first-order valence-corrected chi connectivity index (χ1v) is 4.71. The zero-order chi connectivity index (χ0) is 10.2. The third-order valence-electron chi connectivity index (χ3n) is 2.56. The van der Waals surface area contributed by atoms with E-state index in [-0.39, 0.29) is 18.0 Å². The maximum Gasteiger partial charge on any atom is 0.132 e. The van der Waals surface area contributed by atoms with E-state index in [4.69, 9.17) is 9.84 Å². The van der Waals surface area contributed by atoms with E-state index in [9.17, 15) is 4.39 Å². The molecule has 0 atom stereocenters. The fraction of sp³-hybridized carbons (Fsp3) is 0.455. The molecule has 0 spiro atoms. The highest BCUT2D eigenvalue weighted by Crippen LogP contribution is 2.40. The molecule has 76 valence electrons. The Morgan fingerprint density at radius 2 is 2.21 bits per heavy atom. The number of aliphatic hydroxyl groups is 1. The van der Waals surface area contributed by atoms with Gasteiger partial charge in [0.15, 0.2) is 0 Å². The van der Waals surface area contributed by atoms with Crippen molar-refractivity contribution in [2.45, 2.75) is 25.4 Å². The summed E-state index contributed by atoms with van der Waals surface area (Å²) in [7, 11) is 0. The lowest BCUT2D eigenvalue weighted by atomic mass is 10.2.